The van der Waals surface area contributed by atoms with Gasteiger partial charge in [0.15, 0.2) is 9.84 Å². The fraction of sp³-hybridized carbons (Fsp3) is 0.375. The van der Waals surface area contributed by atoms with Gasteiger partial charge in [-0.15, -0.1) is 0 Å². The first-order valence-corrected chi connectivity index (χ1v) is 5.21. The maximum Gasteiger partial charge on any atom is 0.179 e. The van der Waals surface area contributed by atoms with E-state index < -0.39 is 9.84 Å². The Hall–Kier alpha value is -0.900. The van der Waals surface area contributed by atoms with Crippen LogP contribution in [0.2, 0.25) is 0 Å². The highest BCUT2D eigenvalue weighted by molar-refractivity contribution is 7.96. The number of hydrogen-bond acceptors (Lipinski definition) is 3. The van der Waals surface area contributed by atoms with Crippen LogP contribution in [0, 0.1) is 0 Å². The average Bonchev–Trinajstić information content (AvgIpc) is 2.04. The molecule has 0 aromatic heterocycles. The van der Waals surface area contributed by atoms with Crippen molar-refractivity contribution in [3.8, 4) is 0 Å². The largest absolute Gasteiger partial charge is 0.295 e. The number of nitrogens with zero attached hydrogens (tertiary/aromatic N) is 1. The van der Waals surface area contributed by atoms with E-state index in [0.717, 1.165) is 0 Å². The zero-order chi connectivity index (χ0) is 9.61. The van der Waals surface area contributed by atoms with E-state index in [0.29, 0.717) is 0 Å². The van der Waals surface area contributed by atoms with Gasteiger partial charge >= 0.3 is 0 Å². The van der Waals surface area contributed by atoms with E-state index >= 15 is 0 Å². The van der Waals surface area contributed by atoms with Crippen molar-refractivity contribution in [3.05, 3.63) is 23.6 Å². The second kappa shape index (κ2) is 4.87. The summed E-state index contributed by atoms with van der Waals surface area (Å²) < 4.78 is 22.5. The summed E-state index contributed by atoms with van der Waals surface area (Å²) in [5.41, 5.74) is 0. The third-order valence-electron chi connectivity index (χ3n) is 1.28. The van der Waals surface area contributed by atoms with Crippen LogP contribution in [0.3, 0.4) is 0 Å². The molecule has 0 N–H and O–H groups in total. The molecule has 0 spiro atoms. The molecule has 0 aromatic rings. The Morgan fingerprint density at radius 1 is 1.58 bits per heavy atom. The lowest BCUT2D eigenvalue weighted by Gasteiger charge is -1.98. The third-order valence-corrected chi connectivity index (χ3v) is 3.00. The molecule has 0 aliphatic carbocycles. The van der Waals surface area contributed by atoms with Gasteiger partial charge in [0.1, 0.15) is 0 Å². The molecule has 0 saturated heterocycles. The summed E-state index contributed by atoms with van der Waals surface area (Å²) in [7, 11) is -1.61. The van der Waals surface area contributed by atoms with Crippen LogP contribution in [0.15, 0.2) is 28.6 Å². The van der Waals surface area contributed by atoms with E-state index in [-0.39, 0.29) is 10.7 Å². The molecule has 0 aromatic carbocycles. The normalized spacial score (nSPS) is 13.7. The SMILES string of the molecule is C=C/C=C(\C=N/C)S(=O)(=O)CC. The number of allylic oxidation sites excluding steroid dienone is 3. The van der Waals surface area contributed by atoms with Gasteiger partial charge in [0.05, 0.1) is 10.7 Å². The molecule has 0 amide bonds. The van der Waals surface area contributed by atoms with Gasteiger partial charge in [-0.3, -0.25) is 4.99 Å². The zero-order valence-electron chi connectivity index (χ0n) is 7.32. The summed E-state index contributed by atoms with van der Waals surface area (Å²) >= 11 is 0. The van der Waals surface area contributed by atoms with Crippen LogP contribution in [0.4, 0.5) is 0 Å². The zero-order valence-corrected chi connectivity index (χ0v) is 8.13. The third kappa shape index (κ3) is 3.00. The van der Waals surface area contributed by atoms with Crippen LogP contribution >= 0.6 is 0 Å². The molecular weight excluding hydrogens is 174 g/mol. The Morgan fingerprint density at radius 2 is 2.17 bits per heavy atom. The smallest absolute Gasteiger partial charge is 0.179 e. The Balaban J connectivity index is 5.02. The molecular formula is C8H13NO2S. The van der Waals surface area contributed by atoms with E-state index in [1.807, 2.05) is 0 Å². The van der Waals surface area contributed by atoms with Gasteiger partial charge in [0.2, 0.25) is 0 Å². The maximum atomic E-state index is 11.3. The van der Waals surface area contributed by atoms with Crippen molar-refractivity contribution in [2.45, 2.75) is 6.92 Å². The minimum absolute atomic E-state index is 0.0820. The van der Waals surface area contributed by atoms with Crippen molar-refractivity contribution in [2.24, 2.45) is 4.99 Å². The lowest BCUT2D eigenvalue weighted by atomic mass is 10.5. The summed E-state index contributed by atoms with van der Waals surface area (Å²) in [4.78, 5) is 3.86. The summed E-state index contributed by atoms with van der Waals surface area (Å²) in [6.45, 7) is 5.02. The second-order valence-corrected chi connectivity index (χ2v) is 4.37. The summed E-state index contributed by atoms with van der Waals surface area (Å²) in [5, 5.41) is 0. The van der Waals surface area contributed by atoms with Crippen LogP contribution < -0.4 is 0 Å². The number of hydrogen-bond donors (Lipinski definition) is 0. The maximum absolute atomic E-state index is 11.3. The molecule has 0 aliphatic rings. The van der Waals surface area contributed by atoms with E-state index in [1.165, 1.54) is 25.4 Å². The van der Waals surface area contributed by atoms with Crippen molar-refractivity contribution in [1.82, 2.24) is 0 Å². The molecule has 68 valence electrons. The number of aliphatic imine (C=N–C) groups is 1. The van der Waals surface area contributed by atoms with Crippen LogP contribution in [0.5, 0.6) is 0 Å². The van der Waals surface area contributed by atoms with Crippen molar-refractivity contribution >= 4 is 16.1 Å². The topological polar surface area (TPSA) is 46.5 Å². The molecule has 0 aliphatic heterocycles. The highest BCUT2D eigenvalue weighted by atomic mass is 32.2. The highest BCUT2D eigenvalue weighted by Crippen LogP contribution is 2.04. The predicted molar refractivity (Wildman–Crippen MR) is 52.2 cm³/mol. The minimum atomic E-state index is -3.14. The molecule has 0 saturated carbocycles. The standard InChI is InChI=1S/C8H13NO2S/c1-4-6-8(7-9-3)12(10,11)5-2/h4,6-7H,1,5H2,2-3H3/b8-6+,9-7-. The average molecular weight is 187 g/mol. The molecule has 0 atom stereocenters. The molecule has 0 bridgehead atoms. The van der Waals surface area contributed by atoms with Crippen molar-refractivity contribution < 1.29 is 8.42 Å². The first-order chi connectivity index (χ1) is 5.58. The fourth-order valence-corrected chi connectivity index (χ4v) is 1.54. The summed E-state index contributed by atoms with van der Waals surface area (Å²) in [5.74, 6) is 0.0820. The van der Waals surface area contributed by atoms with Gasteiger partial charge < -0.3 is 0 Å². The lowest BCUT2D eigenvalue weighted by molar-refractivity contribution is 0.604. The van der Waals surface area contributed by atoms with Crippen LogP contribution in [0.1, 0.15) is 6.92 Å². The predicted octanol–water partition coefficient (Wildman–Crippen LogP) is 1.19. The summed E-state index contributed by atoms with van der Waals surface area (Å²) in [6.07, 6.45) is 4.19. The molecule has 12 heavy (non-hydrogen) atoms. The first-order valence-electron chi connectivity index (χ1n) is 3.56. The van der Waals surface area contributed by atoms with Crippen LogP contribution in [0.25, 0.3) is 0 Å². The van der Waals surface area contributed by atoms with Crippen molar-refractivity contribution in [2.75, 3.05) is 12.8 Å². The van der Waals surface area contributed by atoms with Gasteiger partial charge in [-0.25, -0.2) is 8.42 Å². The second-order valence-electron chi connectivity index (χ2n) is 2.10. The van der Waals surface area contributed by atoms with Crippen molar-refractivity contribution in [3.63, 3.8) is 0 Å². The Kier molecular flexibility index (Phi) is 4.51. The highest BCUT2D eigenvalue weighted by Gasteiger charge is 2.11. The van der Waals surface area contributed by atoms with E-state index in [4.69, 9.17) is 0 Å². The summed E-state index contributed by atoms with van der Waals surface area (Å²) in [6, 6.07) is 0. The monoisotopic (exact) mass is 187 g/mol. The molecule has 0 heterocycles. The molecule has 0 rings (SSSR count). The van der Waals surface area contributed by atoms with Crippen LogP contribution in [-0.2, 0) is 9.84 Å². The Bertz CT molecular complexity index is 299. The van der Waals surface area contributed by atoms with E-state index in [2.05, 4.69) is 11.6 Å². The molecule has 3 nitrogen and oxygen atoms in total. The minimum Gasteiger partial charge on any atom is -0.295 e. The molecule has 0 fully saturated rings. The van der Waals surface area contributed by atoms with Gasteiger partial charge in [-0.1, -0.05) is 19.6 Å². The quantitative estimate of drug-likeness (QED) is 0.490. The van der Waals surface area contributed by atoms with Gasteiger partial charge in [0.25, 0.3) is 0 Å². The first kappa shape index (κ1) is 11.1. The number of sulfone groups is 1. The Labute approximate surface area is 73.4 Å². The van der Waals surface area contributed by atoms with E-state index in [1.54, 1.807) is 6.92 Å². The Morgan fingerprint density at radius 3 is 2.50 bits per heavy atom. The molecule has 0 radical (unpaired) electrons. The van der Waals surface area contributed by atoms with Crippen LogP contribution in [-0.4, -0.2) is 27.4 Å². The van der Waals surface area contributed by atoms with Gasteiger partial charge in [-0.2, -0.15) is 0 Å². The van der Waals surface area contributed by atoms with Gasteiger partial charge in [-0.05, 0) is 6.08 Å². The van der Waals surface area contributed by atoms with Gasteiger partial charge in [0, 0.05) is 13.3 Å². The molecule has 0 unspecified atom stereocenters. The molecule has 4 heteroatoms. The fourth-order valence-electron chi connectivity index (χ4n) is 0.637. The van der Waals surface area contributed by atoms with E-state index in [9.17, 15) is 8.42 Å². The number of rotatable bonds is 4. The van der Waals surface area contributed by atoms with Crippen molar-refractivity contribution in [1.29, 1.82) is 0 Å². The lowest BCUT2D eigenvalue weighted by Crippen LogP contribution is -2.07.